The van der Waals surface area contributed by atoms with Gasteiger partial charge in [0.05, 0.1) is 16.4 Å². The highest BCUT2D eigenvalue weighted by Gasteiger charge is 2.34. The number of carbonyl (C=O) groups is 1. The van der Waals surface area contributed by atoms with E-state index in [-0.39, 0.29) is 11.6 Å². The van der Waals surface area contributed by atoms with Gasteiger partial charge in [-0.25, -0.2) is 0 Å². The molecule has 0 atom stereocenters. The van der Waals surface area contributed by atoms with Gasteiger partial charge in [0, 0.05) is 26.0 Å². The first-order chi connectivity index (χ1) is 13.7. The predicted octanol–water partition coefficient (Wildman–Crippen LogP) is 4.50. The number of carbonyl (C=O) groups excluding carboxylic acids is 1. The summed E-state index contributed by atoms with van der Waals surface area (Å²) in [5.74, 6) is 0.341. The van der Waals surface area contributed by atoms with Crippen molar-refractivity contribution >= 4 is 46.0 Å². The summed E-state index contributed by atoms with van der Waals surface area (Å²) in [7, 11) is 0. The normalized spacial score (nSPS) is 18.6. The lowest BCUT2D eigenvalue weighted by Gasteiger charge is -2.16. The largest absolute Gasteiger partial charge is 0.449 e. The van der Waals surface area contributed by atoms with Crippen molar-refractivity contribution in [1.82, 2.24) is 4.90 Å². The van der Waals surface area contributed by atoms with Gasteiger partial charge in [0.15, 0.2) is 11.5 Å². The topological polar surface area (TPSA) is 81.9 Å². The van der Waals surface area contributed by atoms with Crippen molar-refractivity contribution in [1.29, 1.82) is 0 Å². The summed E-state index contributed by atoms with van der Waals surface area (Å²) in [4.78, 5) is 25.3. The number of hydrogen-bond donors (Lipinski definition) is 0. The van der Waals surface area contributed by atoms with Crippen molar-refractivity contribution in [3.63, 3.8) is 0 Å². The average Bonchev–Trinajstić information content (AvgIpc) is 3.10. The van der Waals surface area contributed by atoms with Crippen LogP contribution in [0, 0.1) is 10.1 Å². The molecule has 1 amide bonds. The van der Waals surface area contributed by atoms with Gasteiger partial charge in [-0.1, -0.05) is 42.2 Å². The molecule has 0 saturated carbocycles. The van der Waals surface area contributed by atoms with Crippen LogP contribution in [0.25, 0.3) is 6.08 Å². The maximum absolute atomic E-state index is 12.8. The Labute approximate surface area is 176 Å². The minimum absolute atomic E-state index is 0.0301. The van der Waals surface area contributed by atoms with E-state index in [1.165, 1.54) is 28.8 Å². The molecule has 2 aliphatic heterocycles. The summed E-state index contributed by atoms with van der Waals surface area (Å²) >= 11 is 6.55. The quantitative estimate of drug-likeness (QED) is 0.307. The summed E-state index contributed by atoms with van der Waals surface area (Å²) in [6.45, 7) is 3.95. The average molecular weight is 428 g/mol. The second-order valence-corrected chi connectivity index (χ2v) is 8.68. The number of hydrogen-bond acceptors (Lipinski definition) is 7. The first-order valence-electron chi connectivity index (χ1n) is 8.73. The molecule has 0 aromatic heterocycles. The maximum atomic E-state index is 12.8. The molecule has 2 aromatic carbocycles. The molecule has 7 nitrogen and oxygen atoms in total. The zero-order valence-corrected chi connectivity index (χ0v) is 17.2. The number of nitro groups is 1. The van der Waals surface area contributed by atoms with Crippen LogP contribution < -0.4 is 9.47 Å². The smallest absolute Gasteiger partial charge is 0.270 e. The zero-order chi connectivity index (χ0) is 20.8. The standard InChI is InChI=1S/C20H16N2O5S2/c1-20(2)26-15-7-6-13(9-16(15)27-20)11-21-18(23)17(29-19(21)28)10-12-4-3-5-14(8-12)22(24)25/h3-10H,11H2,1-2H3/b17-10-. The number of nitrogens with zero attached hydrogens (tertiary/aromatic N) is 2. The van der Waals surface area contributed by atoms with Gasteiger partial charge in [-0.2, -0.15) is 0 Å². The molecular formula is C20H16N2O5S2. The second-order valence-electron chi connectivity index (χ2n) is 7.00. The predicted molar refractivity (Wildman–Crippen MR) is 114 cm³/mol. The van der Waals surface area contributed by atoms with Gasteiger partial charge in [-0.3, -0.25) is 19.8 Å². The van der Waals surface area contributed by atoms with Crippen LogP contribution in [0.3, 0.4) is 0 Å². The lowest BCUT2D eigenvalue weighted by Crippen LogP contribution is -2.29. The van der Waals surface area contributed by atoms with E-state index in [2.05, 4.69) is 0 Å². The molecule has 0 N–H and O–H groups in total. The van der Waals surface area contributed by atoms with Gasteiger partial charge < -0.3 is 9.47 Å². The Balaban J connectivity index is 1.54. The SMILES string of the molecule is CC1(C)Oc2ccc(CN3C(=O)/C(=C/c4cccc([N+](=O)[O-])c4)SC3=S)cc2O1. The minimum atomic E-state index is -0.718. The fourth-order valence-electron chi connectivity index (χ4n) is 3.06. The fourth-order valence-corrected chi connectivity index (χ4v) is 4.32. The number of fused-ring (bicyclic) bond motifs is 1. The Kier molecular flexibility index (Phi) is 4.79. The molecule has 4 rings (SSSR count). The number of thioether (sulfide) groups is 1. The van der Waals surface area contributed by atoms with Gasteiger partial charge in [-0.05, 0) is 29.3 Å². The van der Waals surface area contributed by atoms with E-state index in [1.54, 1.807) is 18.2 Å². The summed E-state index contributed by atoms with van der Waals surface area (Å²) in [6.07, 6.45) is 1.62. The molecule has 1 saturated heterocycles. The van der Waals surface area contributed by atoms with E-state index in [1.807, 2.05) is 32.0 Å². The Bertz CT molecular complexity index is 1080. The first kappa shape index (κ1) is 19.4. The third-order valence-electron chi connectivity index (χ3n) is 4.31. The molecule has 29 heavy (non-hydrogen) atoms. The molecule has 2 aromatic rings. The highest BCUT2D eigenvalue weighted by molar-refractivity contribution is 8.26. The van der Waals surface area contributed by atoms with Crippen LogP contribution in [0.15, 0.2) is 47.4 Å². The van der Waals surface area contributed by atoms with Crippen LogP contribution >= 0.6 is 24.0 Å². The summed E-state index contributed by atoms with van der Waals surface area (Å²) in [5.41, 5.74) is 1.40. The molecule has 0 spiro atoms. The monoisotopic (exact) mass is 428 g/mol. The van der Waals surface area contributed by atoms with Crippen molar-refractivity contribution in [3.05, 3.63) is 68.6 Å². The van der Waals surface area contributed by atoms with Crippen LogP contribution in [0.5, 0.6) is 11.5 Å². The molecule has 148 valence electrons. The molecule has 2 aliphatic rings. The van der Waals surface area contributed by atoms with Crippen LogP contribution in [0.4, 0.5) is 5.69 Å². The Morgan fingerprint density at radius 2 is 1.97 bits per heavy atom. The van der Waals surface area contributed by atoms with Crippen LogP contribution in [-0.4, -0.2) is 25.8 Å². The Morgan fingerprint density at radius 1 is 1.21 bits per heavy atom. The van der Waals surface area contributed by atoms with E-state index in [9.17, 15) is 14.9 Å². The first-order valence-corrected chi connectivity index (χ1v) is 9.95. The van der Waals surface area contributed by atoms with Crippen LogP contribution in [0.1, 0.15) is 25.0 Å². The summed E-state index contributed by atoms with van der Waals surface area (Å²) in [5, 5.41) is 10.9. The molecular weight excluding hydrogens is 412 g/mol. The molecule has 0 aliphatic carbocycles. The number of amides is 1. The van der Waals surface area contributed by atoms with Crippen molar-refractivity contribution < 1.29 is 19.2 Å². The third kappa shape index (κ3) is 3.96. The number of non-ortho nitro benzene ring substituents is 1. The lowest BCUT2D eigenvalue weighted by atomic mass is 10.1. The van der Waals surface area contributed by atoms with E-state index >= 15 is 0 Å². The number of thiocarbonyl (C=S) groups is 1. The molecule has 0 unspecified atom stereocenters. The molecule has 2 heterocycles. The zero-order valence-electron chi connectivity index (χ0n) is 15.6. The summed E-state index contributed by atoms with van der Waals surface area (Å²) in [6, 6.07) is 11.6. The van der Waals surface area contributed by atoms with Gasteiger partial charge in [0.2, 0.25) is 5.79 Å². The van der Waals surface area contributed by atoms with Crippen molar-refractivity contribution in [2.24, 2.45) is 0 Å². The number of nitro benzene ring substituents is 1. The Morgan fingerprint density at radius 3 is 2.72 bits per heavy atom. The fraction of sp³-hybridized carbons (Fsp3) is 0.200. The van der Waals surface area contributed by atoms with E-state index in [0.717, 1.165) is 5.56 Å². The maximum Gasteiger partial charge on any atom is 0.270 e. The second kappa shape index (κ2) is 7.16. The van der Waals surface area contributed by atoms with Gasteiger partial charge in [0.1, 0.15) is 4.32 Å². The summed E-state index contributed by atoms with van der Waals surface area (Å²) < 4.78 is 11.9. The molecule has 0 bridgehead atoms. The van der Waals surface area contributed by atoms with E-state index < -0.39 is 10.7 Å². The highest BCUT2D eigenvalue weighted by atomic mass is 32.2. The van der Waals surface area contributed by atoms with Gasteiger partial charge >= 0.3 is 0 Å². The lowest BCUT2D eigenvalue weighted by molar-refractivity contribution is -0.384. The van der Waals surface area contributed by atoms with Crippen LogP contribution in [-0.2, 0) is 11.3 Å². The number of benzene rings is 2. The molecule has 0 radical (unpaired) electrons. The third-order valence-corrected chi connectivity index (χ3v) is 5.69. The molecule has 9 heteroatoms. The van der Waals surface area contributed by atoms with Gasteiger partial charge in [0.25, 0.3) is 11.6 Å². The van der Waals surface area contributed by atoms with Crippen LogP contribution in [0.2, 0.25) is 0 Å². The molecule has 1 fully saturated rings. The van der Waals surface area contributed by atoms with E-state index in [4.69, 9.17) is 21.7 Å². The highest BCUT2D eigenvalue weighted by Crippen LogP contribution is 2.40. The van der Waals surface area contributed by atoms with Crippen molar-refractivity contribution in [3.8, 4) is 11.5 Å². The number of rotatable bonds is 4. The minimum Gasteiger partial charge on any atom is -0.449 e. The van der Waals surface area contributed by atoms with Gasteiger partial charge in [-0.15, -0.1) is 0 Å². The van der Waals surface area contributed by atoms with E-state index in [0.29, 0.717) is 32.8 Å². The van der Waals surface area contributed by atoms with Crippen molar-refractivity contribution in [2.75, 3.05) is 0 Å². The Hall–Kier alpha value is -2.91. The van der Waals surface area contributed by atoms with Crippen molar-refractivity contribution in [2.45, 2.75) is 26.2 Å². The number of ether oxygens (including phenoxy) is 2.